The number of rotatable bonds is 5. The Labute approximate surface area is 112 Å². The van der Waals surface area contributed by atoms with Crippen LogP contribution in [0.15, 0.2) is 0 Å². The van der Waals surface area contributed by atoms with Crippen LogP contribution in [0.4, 0.5) is 4.79 Å². The highest BCUT2D eigenvalue weighted by atomic mass is 16.6. The van der Waals surface area contributed by atoms with Crippen molar-refractivity contribution in [1.82, 2.24) is 10.4 Å². The predicted octanol–water partition coefficient (Wildman–Crippen LogP) is 0.992. The molecule has 1 aliphatic rings. The number of carbonyl (C=O) groups is 2. The number of carbonyl (C=O) groups excluding carboxylic acids is 1. The van der Waals surface area contributed by atoms with Crippen LogP contribution in [0.5, 0.6) is 0 Å². The SMILES string of the molecule is CCONC1(CC(=O)O)CN(C(=O)OC(C)(C)C)C1. The van der Waals surface area contributed by atoms with Gasteiger partial charge in [0, 0.05) is 13.1 Å². The van der Waals surface area contributed by atoms with Gasteiger partial charge in [-0.3, -0.25) is 4.79 Å². The minimum Gasteiger partial charge on any atom is -0.481 e. The molecule has 0 saturated carbocycles. The Morgan fingerprint density at radius 3 is 2.37 bits per heavy atom. The smallest absolute Gasteiger partial charge is 0.410 e. The summed E-state index contributed by atoms with van der Waals surface area (Å²) in [4.78, 5) is 29.2. The van der Waals surface area contributed by atoms with Crippen LogP contribution >= 0.6 is 0 Å². The number of nitrogens with zero attached hydrogens (tertiary/aromatic N) is 1. The molecule has 0 unspecified atom stereocenters. The molecule has 0 radical (unpaired) electrons. The Morgan fingerprint density at radius 1 is 1.37 bits per heavy atom. The van der Waals surface area contributed by atoms with Gasteiger partial charge in [0.1, 0.15) is 5.60 Å². The van der Waals surface area contributed by atoms with Crippen LogP contribution in [0.25, 0.3) is 0 Å². The molecule has 1 amide bonds. The van der Waals surface area contributed by atoms with E-state index in [0.717, 1.165) is 0 Å². The number of carboxylic acid groups (broad SMARTS) is 1. The molecule has 1 aliphatic heterocycles. The minimum absolute atomic E-state index is 0.105. The van der Waals surface area contributed by atoms with Gasteiger partial charge >= 0.3 is 12.1 Å². The summed E-state index contributed by atoms with van der Waals surface area (Å²) >= 11 is 0. The molecule has 0 aromatic rings. The molecule has 7 nitrogen and oxygen atoms in total. The molecule has 110 valence electrons. The molecule has 7 heteroatoms. The van der Waals surface area contributed by atoms with E-state index in [1.54, 1.807) is 27.7 Å². The third-order valence-electron chi connectivity index (χ3n) is 2.56. The van der Waals surface area contributed by atoms with E-state index >= 15 is 0 Å². The van der Waals surface area contributed by atoms with Crippen LogP contribution in [-0.4, -0.2) is 52.9 Å². The molecule has 0 aromatic carbocycles. The number of hydrogen-bond donors (Lipinski definition) is 2. The van der Waals surface area contributed by atoms with E-state index in [2.05, 4.69) is 5.48 Å². The van der Waals surface area contributed by atoms with Crippen LogP contribution in [0.2, 0.25) is 0 Å². The van der Waals surface area contributed by atoms with Crippen LogP contribution in [0.1, 0.15) is 34.1 Å². The van der Waals surface area contributed by atoms with E-state index in [4.69, 9.17) is 14.7 Å². The molecule has 0 aromatic heterocycles. The first-order valence-corrected chi connectivity index (χ1v) is 6.26. The number of carboxylic acids is 1. The van der Waals surface area contributed by atoms with Gasteiger partial charge in [-0.25, -0.2) is 4.79 Å². The second-order valence-electron chi connectivity index (χ2n) is 5.72. The summed E-state index contributed by atoms with van der Waals surface area (Å²) in [6, 6.07) is 0. The standard InChI is InChI=1S/C12H22N2O5/c1-5-18-13-12(6-9(15)16)7-14(8-12)10(17)19-11(2,3)4/h13H,5-8H2,1-4H3,(H,15,16). The van der Waals surface area contributed by atoms with Crippen LogP contribution in [0.3, 0.4) is 0 Å². The first-order chi connectivity index (χ1) is 8.67. The molecule has 1 heterocycles. The van der Waals surface area contributed by atoms with E-state index < -0.39 is 23.2 Å². The quantitative estimate of drug-likeness (QED) is 0.727. The Bertz CT molecular complexity index is 345. The fourth-order valence-electron chi connectivity index (χ4n) is 1.87. The third kappa shape index (κ3) is 4.68. The molecule has 1 fully saturated rings. The number of nitrogens with one attached hydrogen (secondary N) is 1. The second kappa shape index (κ2) is 5.75. The van der Waals surface area contributed by atoms with E-state index in [-0.39, 0.29) is 19.5 Å². The first kappa shape index (κ1) is 15.7. The lowest BCUT2D eigenvalue weighted by molar-refractivity contribution is -0.147. The van der Waals surface area contributed by atoms with Gasteiger partial charge in [0.05, 0.1) is 18.6 Å². The van der Waals surface area contributed by atoms with Gasteiger partial charge in [-0.15, -0.1) is 0 Å². The lowest BCUT2D eigenvalue weighted by Gasteiger charge is -2.48. The van der Waals surface area contributed by atoms with Crippen LogP contribution < -0.4 is 5.48 Å². The fraction of sp³-hybridized carbons (Fsp3) is 0.833. The molecule has 2 N–H and O–H groups in total. The van der Waals surface area contributed by atoms with E-state index in [9.17, 15) is 9.59 Å². The number of ether oxygens (including phenoxy) is 1. The van der Waals surface area contributed by atoms with Gasteiger partial charge in [0.2, 0.25) is 0 Å². The minimum atomic E-state index is -0.934. The Morgan fingerprint density at radius 2 is 1.95 bits per heavy atom. The van der Waals surface area contributed by atoms with E-state index in [1.165, 1.54) is 4.90 Å². The Kier molecular flexibility index (Phi) is 4.75. The topological polar surface area (TPSA) is 88.1 Å². The Balaban J connectivity index is 2.53. The molecule has 0 bridgehead atoms. The number of amides is 1. The average Bonchev–Trinajstić information content (AvgIpc) is 2.17. The van der Waals surface area contributed by atoms with Gasteiger partial charge in [-0.1, -0.05) is 0 Å². The van der Waals surface area contributed by atoms with Crippen molar-refractivity contribution < 1.29 is 24.3 Å². The van der Waals surface area contributed by atoms with Crippen molar-refractivity contribution >= 4 is 12.1 Å². The first-order valence-electron chi connectivity index (χ1n) is 6.26. The molecule has 1 saturated heterocycles. The zero-order valence-electron chi connectivity index (χ0n) is 11.9. The summed E-state index contributed by atoms with van der Waals surface area (Å²) in [7, 11) is 0. The monoisotopic (exact) mass is 274 g/mol. The van der Waals surface area contributed by atoms with Crippen molar-refractivity contribution in [3.05, 3.63) is 0 Å². The maximum absolute atomic E-state index is 11.8. The lowest BCUT2D eigenvalue weighted by atomic mass is 9.87. The molecular weight excluding hydrogens is 252 g/mol. The van der Waals surface area contributed by atoms with E-state index in [1.807, 2.05) is 0 Å². The van der Waals surface area contributed by atoms with Crippen LogP contribution in [0, 0.1) is 0 Å². The average molecular weight is 274 g/mol. The van der Waals surface area contributed by atoms with E-state index in [0.29, 0.717) is 6.61 Å². The number of hydroxylamine groups is 1. The van der Waals surface area contributed by atoms with Crippen molar-refractivity contribution in [2.75, 3.05) is 19.7 Å². The summed E-state index contributed by atoms with van der Waals surface area (Å²) in [6.45, 7) is 8.09. The third-order valence-corrected chi connectivity index (χ3v) is 2.56. The summed E-state index contributed by atoms with van der Waals surface area (Å²) in [5, 5.41) is 8.89. The fourth-order valence-corrected chi connectivity index (χ4v) is 1.87. The van der Waals surface area contributed by atoms with Gasteiger partial charge in [-0.05, 0) is 27.7 Å². The maximum atomic E-state index is 11.8. The molecule has 0 spiro atoms. The summed E-state index contributed by atoms with van der Waals surface area (Å²) < 4.78 is 5.22. The lowest BCUT2D eigenvalue weighted by Crippen LogP contribution is -2.71. The van der Waals surface area contributed by atoms with Crippen molar-refractivity contribution in [2.45, 2.75) is 45.3 Å². The summed E-state index contributed by atoms with van der Waals surface area (Å²) in [5.41, 5.74) is 1.45. The zero-order chi connectivity index (χ0) is 14.7. The molecular formula is C12H22N2O5. The van der Waals surface area contributed by atoms with Crippen molar-refractivity contribution in [2.24, 2.45) is 0 Å². The highest BCUT2D eigenvalue weighted by molar-refractivity contribution is 5.72. The normalized spacial score (nSPS) is 17.8. The second-order valence-corrected chi connectivity index (χ2v) is 5.72. The maximum Gasteiger partial charge on any atom is 0.410 e. The molecule has 0 atom stereocenters. The van der Waals surface area contributed by atoms with Crippen LogP contribution in [-0.2, 0) is 14.4 Å². The van der Waals surface area contributed by atoms with Crippen molar-refractivity contribution in [1.29, 1.82) is 0 Å². The number of hydrogen-bond acceptors (Lipinski definition) is 5. The highest BCUT2D eigenvalue weighted by Crippen LogP contribution is 2.26. The predicted molar refractivity (Wildman–Crippen MR) is 67.6 cm³/mol. The summed E-state index contributed by atoms with van der Waals surface area (Å²) in [5.74, 6) is -0.934. The van der Waals surface area contributed by atoms with Crippen molar-refractivity contribution in [3.63, 3.8) is 0 Å². The Hall–Kier alpha value is -1.34. The number of likely N-dealkylation sites (tertiary alicyclic amines) is 1. The molecule has 19 heavy (non-hydrogen) atoms. The number of aliphatic carboxylic acids is 1. The van der Waals surface area contributed by atoms with Gasteiger partial charge in [0.25, 0.3) is 0 Å². The van der Waals surface area contributed by atoms with Gasteiger partial charge in [-0.2, -0.15) is 5.48 Å². The largest absolute Gasteiger partial charge is 0.481 e. The zero-order valence-corrected chi connectivity index (χ0v) is 11.9. The molecule has 0 aliphatic carbocycles. The van der Waals surface area contributed by atoms with Crippen molar-refractivity contribution in [3.8, 4) is 0 Å². The highest BCUT2D eigenvalue weighted by Gasteiger charge is 2.48. The summed E-state index contributed by atoms with van der Waals surface area (Å²) in [6.07, 6.45) is -0.543. The molecule has 1 rings (SSSR count). The van der Waals surface area contributed by atoms with Gasteiger partial charge < -0.3 is 19.6 Å². The van der Waals surface area contributed by atoms with Gasteiger partial charge in [0.15, 0.2) is 0 Å².